The lowest BCUT2D eigenvalue weighted by Crippen LogP contribution is -2.10. The molecule has 5 nitrogen and oxygen atoms in total. The van der Waals surface area contributed by atoms with E-state index in [0.717, 1.165) is 11.0 Å². The first kappa shape index (κ1) is 7.72. The summed E-state index contributed by atoms with van der Waals surface area (Å²) in [6.07, 6.45) is 0. The highest BCUT2D eigenvalue weighted by Crippen LogP contribution is 2.11. The van der Waals surface area contributed by atoms with Crippen molar-refractivity contribution in [3.63, 3.8) is 0 Å². The lowest BCUT2D eigenvalue weighted by molar-refractivity contribution is 0.100. The van der Waals surface area contributed by atoms with E-state index in [9.17, 15) is 4.79 Å². The number of nitrogens with two attached hydrogens (primary N) is 1. The number of nitrogens with zero attached hydrogens (tertiary/aromatic N) is 3. The molecule has 1 aromatic heterocycles. The minimum Gasteiger partial charge on any atom is -0.366 e. The molecule has 0 spiro atoms. The number of aromatic nitrogens is 3. The summed E-state index contributed by atoms with van der Waals surface area (Å²) < 4.78 is 1.60. The van der Waals surface area contributed by atoms with Crippen LogP contribution in [0.25, 0.3) is 11.0 Å². The Hall–Kier alpha value is -1.91. The zero-order valence-electron chi connectivity index (χ0n) is 7.06. The molecule has 1 heterocycles. The summed E-state index contributed by atoms with van der Waals surface area (Å²) in [7, 11) is 1.76. The molecule has 66 valence electrons. The van der Waals surface area contributed by atoms with Crippen LogP contribution in [-0.4, -0.2) is 20.9 Å². The number of rotatable bonds is 1. The third kappa shape index (κ3) is 1.14. The fourth-order valence-electron chi connectivity index (χ4n) is 1.18. The van der Waals surface area contributed by atoms with Crippen LogP contribution in [-0.2, 0) is 7.05 Å². The summed E-state index contributed by atoms with van der Waals surface area (Å²) >= 11 is 0. The molecule has 0 saturated carbocycles. The lowest BCUT2D eigenvalue weighted by atomic mass is 10.2. The highest BCUT2D eigenvalue weighted by atomic mass is 16.1. The molecule has 0 saturated heterocycles. The zero-order chi connectivity index (χ0) is 9.42. The lowest BCUT2D eigenvalue weighted by Gasteiger charge is -1.95. The van der Waals surface area contributed by atoms with Crippen molar-refractivity contribution in [1.29, 1.82) is 0 Å². The topological polar surface area (TPSA) is 73.8 Å². The van der Waals surface area contributed by atoms with Crippen LogP contribution in [0.3, 0.4) is 0 Å². The molecule has 0 fully saturated rings. The van der Waals surface area contributed by atoms with Gasteiger partial charge in [0.2, 0.25) is 5.91 Å². The Morgan fingerprint density at radius 1 is 1.54 bits per heavy atom. The summed E-state index contributed by atoms with van der Waals surface area (Å²) in [6.45, 7) is 0. The number of carbonyl (C=O) groups excluding carboxylic acids is 1. The van der Waals surface area contributed by atoms with E-state index in [-0.39, 0.29) is 0 Å². The van der Waals surface area contributed by atoms with Crippen LogP contribution in [0.15, 0.2) is 18.2 Å². The van der Waals surface area contributed by atoms with Gasteiger partial charge in [-0.05, 0) is 18.2 Å². The van der Waals surface area contributed by atoms with Gasteiger partial charge < -0.3 is 5.73 Å². The van der Waals surface area contributed by atoms with Crippen molar-refractivity contribution in [3.8, 4) is 0 Å². The largest absolute Gasteiger partial charge is 0.366 e. The van der Waals surface area contributed by atoms with Crippen LogP contribution in [0.4, 0.5) is 0 Å². The maximum Gasteiger partial charge on any atom is 0.248 e. The highest BCUT2D eigenvalue weighted by Gasteiger charge is 2.05. The summed E-state index contributed by atoms with van der Waals surface area (Å²) in [5.74, 6) is -0.442. The molecule has 0 aliphatic rings. The molecule has 13 heavy (non-hydrogen) atoms. The average Bonchev–Trinajstić information content (AvgIpc) is 2.47. The Labute approximate surface area is 74.1 Å². The number of fused-ring (bicyclic) bond motifs is 1. The molecule has 1 aromatic carbocycles. The second-order valence-corrected chi connectivity index (χ2v) is 2.78. The summed E-state index contributed by atoms with van der Waals surface area (Å²) in [6, 6.07) is 5.04. The number of amides is 1. The molecule has 0 unspecified atom stereocenters. The number of hydrogen-bond donors (Lipinski definition) is 1. The molecule has 2 rings (SSSR count). The second kappa shape index (κ2) is 2.55. The normalized spacial score (nSPS) is 10.5. The van der Waals surface area contributed by atoms with E-state index in [2.05, 4.69) is 10.3 Å². The van der Waals surface area contributed by atoms with Gasteiger partial charge in [0, 0.05) is 12.6 Å². The minimum absolute atomic E-state index is 0.442. The van der Waals surface area contributed by atoms with Crippen LogP contribution in [0.2, 0.25) is 0 Å². The van der Waals surface area contributed by atoms with Gasteiger partial charge in [0.25, 0.3) is 0 Å². The molecule has 0 bridgehead atoms. The maximum atomic E-state index is 10.8. The first-order valence-electron chi connectivity index (χ1n) is 3.78. The van der Waals surface area contributed by atoms with Crippen LogP contribution < -0.4 is 5.73 Å². The fraction of sp³-hybridized carbons (Fsp3) is 0.125. The van der Waals surface area contributed by atoms with E-state index in [4.69, 9.17) is 5.73 Å². The van der Waals surface area contributed by atoms with Crippen molar-refractivity contribution >= 4 is 16.9 Å². The summed E-state index contributed by atoms with van der Waals surface area (Å²) in [5.41, 5.74) is 7.16. The third-order valence-electron chi connectivity index (χ3n) is 1.90. The number of carbonyl (C=O) groups is 1. The molecule has 5 heteroatoms. The van der Waals surface area contributed by atoms with Gasteiger partial charge >= 0.3 is 0 Å². The van der Waals surface area contributed by atoms with E-state index in [1.807, 2.05) is 0 Å². The van der Waals surface area contributed by atoms with Gasteiger partial charge in [-0.3, -0.25) is 4.79 Å². The Morgan fingerprint density at radius 2 is 2.31 bits per heavy atom. The predicted octanol–water partition coefficient (Wildman–Crippen LogP) is 0.0672. The van der Waals surface area contributed by atoms with E-state index < -0.39 is 5.91 Å². The van der Waals surface area contributed by atoms with Gasteiger partial charge in [-0.2, -0.15) is 0 Å². The Balaban J connectivity index is 2.72. The second-order valence-electron chi connectivity index (χ2n) is 2.78. The van der Waals surface area contributed by atoms with Gasteiger partial charge in [0.1, 0.15) is 5.52 Å². The third-order valence-corrected chi connectivity index (χ3v) is 1.90. The Kier molecular flexibility index (Phi) is 1.51. The number of aryl methyl sites for hydroxylation is 1. The van der Waals surface area contributed by atoms with Crippen molar-refractivity contribution in [2.75, 3.05) is 0 Å². The predicted molar refractivity (Wildman–Crippen MR) is 47.0 cm³/mol. The molecule has 0 radical (unpaired) electrons. The SMILES string of the molecule is Cn1nnc2ccc(C(N)=O)cc21. The molecule has 1 amide bonds. The van der Waals surface area contributed by atoms with Gasteiger partial charge in [0.15, 0.2) is 0 Å². The van der Waals surface area contributed by atoms with Gasteiger partial charge in [-0.15, -0.1) is 5.10 Å². The first-order valence-corrected chi connectivity index (χ1v) is 3.78. The van der Waals surface area contributed by atoms with Crippen molar-refractivity contribution in [3.05, 3.63) is 23.8 Å². The fourth-order valence-corrected chi connectivity index (χ4v) is 1.18. The minimum atomic E-state index is -0.442. The molecular weight excluding hydrogens is 168 g/mol. The number of benzene rings is 1. The number of primary amides is 1. The molecular formula is C8H8N4O. The smallest absolute Gasteiger partial charge is 0.248 e. The van der Waals surface area contributed by atoms with Crippen molar-refractivity contribution < 1.29 is 4.79 Å². The monoisotopic (exact) mass is 176 g/mol. The summed E-state index contributed by atoms with van der Waals surface area (Å²) in [4.78, 5) is 10.8. The number of hydrogen-bond acceptors (Lipinski definition) is 3. The van der Waals surface area contributed by atoms with Gasteiger partial charge in [-0.25, -0.2) is 4.68 Å². The Bertz CT molecular complexity index is 474. The molecule has 0 aliphatic carbocycles. The zero-order valence-corrected chi connectivity index (χ0v) is 7.06. The van der Waals surface area contributed by atoms with Crippen LogP contribution in [0.5, 0.6) is 0 Å². The molecule has 2 N–H and O–H groups in total. The van der Waals surface area contributed by atoms with E-state index in [0.29, 0.717) is 5.56 Å². The molecule has 0 atom stereocenters. The molecule has 0 aliphatic heterocycles. The first-order chi connectivity index (χ1) is 6.18. The standard InChI is InChI=1S/C8H8N4O/c1-12-7-4-5(8(9)13)2-3-6(7)10-11-12/h2-4H,1H3,(H2,9,13). The Morgan fingerprint density at radius 3 is 3.00 bits per heavy atom. The van der Waals surface area contributed by atoms with E-state index >= 15 is 0 Å². The maximum absolute atomic E-state index is 10.8. The molecule has 2 aromatic rings. The van der Waals surface area contributed by atoms with Crippen LogP contribution in [0, 0.1) is 0 Å². The highest BCUT2D eigenvalue weighted by molar-refractivity contribution is 5.96. The van der Waals surface area contributed by atoms with Gasteiger partial charge in [-0.1, -0.05) is 5.21 Å². The van der Waals surface area contributed by atoms with Gasteiger partial charge in [0.05, 0.1) is 5.52 Å². The van der Waals surface area contributed by atoms with Crippen molar-refractivity contribution in [1.82, 2.24) is 15.0 Å². The summed E-state index contributed by atoms with van der Waals surface area (Å²) in [5, 5.41) is 7.69. The van der Waals surface area contributed by atoms with E-state index in [1.165, 1.54) is 0 Å². The van der Waals surface area contributed by atoms with Crippen molar-refractivity contribution in [2.45, 2.75) is 0 Å². The average molecular weight is 176 g/mol. The van der Waals surface area contributed by atoms with Crippen molar-refractivity contribution in [2.24, 2.45) is 12.8 Å². The van der Waals surface area contributed by atoms with Crippen LogP contribution >= 0.6 is 0 Å². The van der Waals surface area contributed by atoms with Crippen LogP contribution in [0.1, 0.15) is 10.4 Å². The quantitative estimate of drug-likeness (QED) is 0.668. The van der Waals surface area contributed by atoms with E-state index in [1.54, 1.807) is 29.9 Å².